The van der Waals surface area contributed by atoms with Crippen LogP contribution < -0.4 is 5.19 Å². The summed E-state index contributed by atoms with van der Waals surface area (Å²) in [7, 11) is -4.84. The number of halogens is 35. The summed E-state index contributed by atoms with van der Waals surface area (Å²) in [4.78, 5) is 0. The molecule has 37 heteroatoms. The van der Waals surface area contributed by atoms with E-state index in [4.69, 9.17) is 15.5 Å². The topological polar surface area (TPSA) is 9.23 Å². The lowest BCUT2D eigenvalue weighted by Crippen LogP contribution is -2.74. The van der Waals surface area contributed by atoms with Gasteiger partial charge in [-0.25, -0.2) is 0 Å². The smallest absolute Gasteiger partial charge is 0.397 e. The predicted octanol–water partition coefficient (Wildman–Crippen LogP) is 14.2. The average molecular weight is 1080 g/mol. The summed E-state index contributed by atoms with van der Waals surface area (Å²) >= 11 is 5.94. The molecule has 0 aliphatic carbocycles. The molecular formula is C28H17ClF34OSi. The van der Waals surface area contributed by atoms with Crippen LogP contribution in [0.25, 0.3) is 0 Å². The predicted molar refractivity (Wildman–Crippen MR) is 148 cm³/mol. The highest BCUT2D eigenvalue weighted by Gasteiger charge is 2.97. The molecule has 0 saturated carbocycles. The van der Waals surface area contributed by atoms with Gasteiger partial charge in [0.2, 0.25) is 0 Å². The van der Waals surface area contributed by atoms with Crippen LogP contribution in [0.15, 0.2) is 30.3 Å². The van der Waals surface area contributed by atoms with Gasteiger partial charge in [0.05, 0.1) is 0 Å². The summed E-state index contributed by atoms with van der Waals surface area (Å²) < 4.78 is 470. The van der Waals surface area contributed by atoms with E-state index in [1.165, 1.54) is 0 Å². The van der Waals surface area contributed by atoms with Gasteiger partial charge in [-0.2, -0.15) is 149 Å². The first kappa shape index (κ1) is 60.3. The van der Waals surface area contributed by atoms with E-state index >= 15 is 0 Å². The van der Waals surface area contributed by atoms with Gasteiger partial charge >= 0.3 is 103 Å². The first-order chi connectivity index (χ1) is 27.9. The molecule has 0 spiro atoms. The Balaban J connectivity index is 3.84. The fourth-order valence-corrected chi connectivity index (χ4v) is 7.31. The van der Waals surface area contributed by atoms with Gasteiger partial charge in [-0.3, -0.25) is 0 Å². The first-order valence-electron chi connectivity index (χ1n) is 15.7. The van der Waals surface area contributed by atoms with Crippen molar-refractivity contribution in [1.29, 1.82) is 0 Å². The number of hydrogen-bond acceptors (Lipinski definition) is 1. The highest BCUT2D eigenvalue weighted by atomic mass is 35.6. The normalized spacial score (nSPS) is 17.2. The quantitative estimate of drug-likeness (QED) is 0.0677. The molecule has 0 aliphatic heterocycles. The van der Waals surface area contributed by atoms with Crippen LogP contribution in [0.4, 0.5) is 149 Å². The monoisotopic (exact) mass is 1080 g/mol. The summed E-state index contributed by atoms with van der Waals surface area (Å²) in [5.74, 6) is -121. The number of hydrogen-bond donors (Lipinski definition) is 0. The van der Waals surface area contributed by atoms with E-state index in [0.717, 1.165) is 30.3 Å². The van der Waals surface area contributed by atoms with Crippen LogP contribution >= 0.6 is 11.1 Å². The number of benzene rings is 1. The van der Waals surface area contributed by atoms with Crippen molar-refractivity contribution in [3.63, 3.8) is 0 Å². The molecule has 0 bridgehead atoms. The summed E-state index contributed by atoms with van der Waals surface area (Å²) in [5, 5.41) is -0.546. The van der Waals surface area contributed by atoms with Crippen molar-refractivity contribution in [2.75, 3.05) is 0 Å². The van der Waals surface area contributed by atoms with Crippen molar-refractivity contribution < 1.29 is 154 Å². The third-order valence-corrected chi connectivity index (χ3v) is 11.9. The molecule has 1 aromatic carbocycles. The number of rotatable bonds is 21. The van der Waals surface area contributed by atoms with E-state index in [9.17, 15) is 149 Å². The molecular weight excluding hydrogens is 1060 g/mol. The van der Waals surface area contributed by atoms with E-state index in [1.807, 2.05) is 0 Å². The zero-order chi connectivity index (χ0) is 52.7. The van der Waals surface area contributed by atoms with Gasteiger partial charge in [0, 0.05) is 18.9 Å². The van der Waals surface area contributed by atoms with Crippen molar-refractivity contribution in [2.45, 2.75) is 134 Å². The standard InChI is InChI=1S/C28H17ClF34OSi/c1-65(29,12-5-3-2-4-6-12)64-11(7-9-13(30,31)15(34,35)17(38,39)19(42,43)21(46,47)23(50,51)25(54,55)27(58,59)60)8-10-14(32,33)16(36,37)18(40,41)20(44,45)22(48,49)24(52,53)26(56,57)28(61,62)63/h2-6,11H,7-10H2,1H3. The molecule has 0 amide bonds. The van der Waals surface area contributed by atoms with Gasteiger partial charge in [-0.05, 0) is 24.6 Å². The second kappa shape index (κ2) is 16.8. The van der Waals surface area contributed by atoms with Gasteiger partial charge in [-0.1, -0.05) is 30.3 Å². The Labute approximate surface area is 342 Å². The molecule has 0 N–H and O–H groups in total. The van der Waals surface area contributed by atoms with E-state index in [-0.39, 0.29) is 0 Å². The lowest BCUT2D eigenvalue weighted by Gasteiger charge is -2.43. The van der Waals surface area contributed by atoms with Crippen LogP contribution in [-0.4, -0.2) is 109 Å². The fraction of sp³-hybridized carbons (Fsp3) is 0.786. The number of alkyl halides is 34. The molecule has 1 atom stereocenters. The lowest BCUT2D eigenvalue weighted by atomic mass is 9.86. The Bertz CT molecular complexity index is 1680. The van der Waals surface area contributed by atoms with Crippen LogP contribution in [0.5, 0.6) is 0 Å². The van der Waals surface area contributed by atoms with Crippen molar-refractivity contribution in [1.82, 2.24) is 0 Å². The molecule has 0 fully saturated rings. The SMILES string of the molecule is C[Si](Cl)(OC(CCC(F)(F)C(F)(F)C(F)(F)C(F)(F)C(F)(F)C(F)(F)C(F)(F)C(F)(F)F)CCC(F)(F)C(F)(F)C(F)(F)C(F)(F)C(F)(F)C(F)(F)C(F)(F)C(F)(F)F)c1ccccc1. The van der Waals surface area contributed by atoms with Gasteiger partial charge in [0.25, 0.3) is 0 Å². The summed E-state index contributed by atoms with van der Waals surface area (Å²) in [6.45, 7) is 0.498. The summed E-state index contributed by atoms with van der Waals surface area (Å²) in [6, 6.07) is 4.44. The van der Waals surface area contributed by atoms with Gasteiger partial charge in [0.1, 0.15) is 0 Å². The Morgan fingerprint density at radius 3 is 0.815 bits per heavy atom. The average Bonchev–Trinajstić information content (AvgIpc) is 3.11. The maximum Gasteiger partial charge on any atom is 0.460 e. The molecule has 0 radical (unpaired) electrons. The van der Waals surface area contributed by atoms with Crippen LogP contribution in [0.3, 0.4) is 0 Å². The van der Waals surface area contributed by atoms with Crippen LogP contribution in [0.2, 0.25) is 6.55 Å². The minimum Gasteiger partial charge on any atom is -0.397 e. The Morgan fingerprint density at radius 2 is 0.585 bits per heavy atom. The Kier molecular flexibility index (Phi) is 15.6. The molecule has 65 heavy (non-hydrogen) atoms. The maximum atomic E-state index is 14.7. The fourth-order valence-electron chi connectivity index (χ4n) is 4.77. The molecule has 0 aliphatic rings. The van der Waals surface area contributed by atoms with Crippen LogP contribution in [0, 0.1) is 0 Å². The van der Waals surface area contributed by atoms with E-state index in [2.05, 4.69) is 0 Å². The Morgan fingerprint density at radius 1 is 0.369 bits per heavy atom. The minimum absolute atomic E-state index is 0.498. The van der Waals surface area contributed by atoms with Gasteiger partial charge < -0.3 is 4.43 Å². The van der Waals surface area contributed by atoms with Gasteiger partial charge in [0.15, 0.2) is 0 Å². The van der Waals surface area contributed by atoms with Crippen molar-refractivity contribution in [2.24, 2.45) is 0 Å². The molecule has 1 unspecified atom stereocenters. The summed E-state index contributed by atoms with van der Waals surface area (Å²) in [6.07, 6.45) is -32.5. The van der Waals surface area contributed by atoms with Crippen molar-refractivity contribution in [3.8, 4) is 0 Å². The van der Waals surface area contributed by atoms with E-state index < -0.39 is 140 Å². The third-order valence-electron chi connectivity index (χ3n) is 8.81. The van der Waals surface area contributed by atoms with Gasteiger partial charge in [-0.15, -0.1) is 11.1 Å². The van der Waals surface area contributed by atoms with E-state index in [0.29, 0.717) is 6.55 Å². The zero-order valence-corrected chi connectivity index (χ0v) is 31.7. The largest absolute Gasteiger partial charge is 0.460 e. The molecule has 384 valence electrons. The van der Waals surface area contributed by atoms with Crippen LogP contribution in [-0.2, 0) is 4.43 Å². The molecule has 1 rings (SSSR count). The van der Waals surface area contributed by atoms with Crippen molar-refractivity contribution >= 4 is 23.9 Å². The maximum absolute atomic E-state index is 14.7. The lowest BCUT2D eigenvalue weighted by molar-refractivity contribution is -0.462. The first-order valence-corrected chi connectivity index (χ1v) is 19.2. The molecule has 1 nitrogen and oxygen atoms in total. The molecule has 0 heterocycles. The summed E-state index contributed by atoms with van der Waals surface area (Å²) in [5.41, 5.74) is 0. The van der Waals surface area contributed by atoms with Crippen molar-refractivity contribution in [3.05, 3.63) is 30.3 Å². The third kappa shape index (κ3) is 9.06. The molecule has 0 aromatic heterocycles. The second-order valence-corrected chi connectivity index (χ2v) is 18.2. The molecule has 0 saturated heterocycles. The highest BCUT2D eigenvalue weighted by molar-refractivity contribution is 7.23. The van der Waals surface area contributed by atoms with Crippen LogP contribution in [0.1, 0.15) is 25.7 Å². The highest BCUT2D eigenvalue weighted by Crippen LogP contribution is 2.66. The minimum atomic E-state index is -9.15. The molecule has 1 aromatic rings. The zero-order valence-electron chi connectivity index (χ0n) is 29.9. The Hall–Kier alpha value is -2.69. The van der Waals surface area contributed by atoms with E-state index in [1.54, 1.807) is 0 Å². The second-order valence-electron chi connectivity index (χ2n) is 13.4.